The summed E-state index contributed by atoms with van der Waals surface area (Å²) in [7, 11) is 5.82. The molecule has 1 heterocycles. The molecule has 0 spiro atoms. The molecule has 8 heteroatoms. The Balaban J connectivity index is 2.67. The molecule has 1 saturated heterocycles. The monoisotopic (exact) mass is 235 g/mol. The maximum absolute atomic E-state index is 10.6. The lowest BCUT2D eigenvalue weighted by molar-refractivity contribution is -0.0144. The fourth-order valence-electron chi connectivity index (χ4n) is 1.55. The average molecular weight is 235 g/mol. The molecular weight excluding hydrogens is 222 g/mol. The minimum Gasteiger partial charge on any atom is -0.382 e. The maximum Gasteiger partial charge on any atom is 0.695 e. The Bertz CT molecular complexity index is 228. The van der Waals surface area contributed by atoms with Crippen molar-refractivity contribution in [2.24, 2.45) is 0 Å². The van der Waals surface area contributed by atoms with Crippen molar-refractivity contribution in [1.29, 1.82) is 0 Å². The van der Waals surface area contributed by atoms with Gasteiger partial charge < -0.3 is 14.2 Å². The molecule has 5 unspecified atom stereocenters. The summed E-state index contributed by atoms with van der Waals surface area (Å²) in [5.74, 6) is 0. The third-order valence-electron chi connectivity index (χ3n) is 2.16. The molecular formula is C7H13BO6P+. The summed E-state index contributed by atoms with van der Waals surface area (Å²) in [6.07, 6.45) is -1.77. The van der Waals surface area contributed by atoms with Crippen molar-refractivity contribution >= 4 is 16.1 Å². The van der Waals surface area contributed by atoms with Gasteiger partial charge in [0.1, 0.15) is 20.1 Å². The fourth-order valence-corrected chi connectivity index (χ4v) is 2.02. The van der Waals surface area contributed by atoms with Crippen LogP contribution in [0.25, 0.3) is 0 Å². The molecule has 0 aliphatic carbocycles. The van der Waals surface area contributed by atoms with E-state index in [1.807, 2.05) is 0 Å². The first kappa shape index (κ1) is 13.0. The summed E-state index contributed by atoms with van der Waals surface area (Å²) in [5.41, 5.74) is 0. The largest absolute Gasteiger partial charge is 0.695 e. The van der Waals surface area contributed by atoms with E-state index in [9.17, 15) is 4.57 Å². The standard InChI is InChI=1S/C7H12BO6P/c1-11-3-4-5(14-15(9)10)6(12-2)7(8)13-4/h4-7H,3H2,1-2H3/p+1. The van der Waals surface area contributed by atoms with Crippen molar-refractivity contribution in [2.75, 3.05) is 20.8 Å². The van der Waals surface area contributed by atoms with Crippen LogP contribution in [0.4, 0.5) is 0 Å². The topological polar surface area (TPSA) is 74.2 Å². The Labute approximate surface area is 90.2 Å². The lowest BCUT2D eigenvalue weighted by atomic mass is 9.93. The van der Waals surface area contributed by atoms with Gasteiger partial charge in [0, 0.05) is 24.8 Å². The van der Waals surface area contributed by atoms with E-state index in [4.69, 9.17) is 31.5 Å². The molecule has 0 aromatic heterocycles. The van der Waals surface area contributed by atoms with Gasteiger partial charge in [-0.3, -0.25) is 0 Å². The zero-order chi connectivity index (χ0) is 11.4. The Morgan fingerprint density at radius 2 is 2.13 bits per heavy atom. The second-order valence-electron chi connectivity index (χ2n) is 3.10. The molecule has 1 aliphatic rings. The number of ether oxygens (including phenoxy) is 3. The average Bonchev–Trinajstić information content (AvgIpc) is 2.42. The molecule has 2 radical (unpaired) electrons. The van der Waals surface area contributed by atoms with E-state index >= 15 is 0 Å². The van der Waals surface area contributed by atoms with E-state index in [0.717, 1.165) is 0 Å². The van der Waals surface area contributed by atoms with Crippen LogP contribution in [0.15, 0.2) is 0 Å². The molecule has 84 valence electrons. The Kier molecular flexibility index (Phi) is 5.12. The second-order valence-corrected chi connectivity index (χ2v) is 3.79. The quantitative estimate of drug-likeness (QED) is 0.515. The van der Waals surface area contributed by atoms with E-state index < -0.39 is 32.6 Å². The molecule has 1 N–H and O–H groups in total. The van der Waals surface area contributed by atoms with Gasteiger partial charge in [0.25, 0.3) is 0 Å². The van der Waals surface area contributed by atoms with Gasteiger partial charge in [-0.05, 0) is 0 Å². The first-order valence-corrected chi connectivity index (χ1v) is 5.49. The van der Waals surface area contributed by atoms with Gasteiger partial charge in [0.15, 0.2) is 6.10 Å². The fraction of sp³-hybridized carbons (Fsp3) is 1.00. The van der Waals surface area contributed by atoms with Gasteiger partial charge in [0.05, 0.1) is 6.61 Å². The highest BCUT2D eigenvalue weighted by atomic mass is 31.1. The molecule has 1 aliphatic heterocycles. The highest BCUT2D eigenvalue weighted by Gasteiger charge is 2.47. The van der Waals surface area contributed by atoms with Gasteiger partial charge in [0.2, 0.25) is 0 Å². The van der Waals surface area contributed by atoms with Crippen LogP contribution in [0.1, 0.15) is 0 Å². The van der Waals surface area contributed by atoms with E-state index in [1.54, 1.807) is 0 Å². The van der Waals surface area contributed by atoms with Crippen LogP contribution in [0, 0.1) is 0 Å². The minimum absolute atomic E-state index is 0.224. The molecule has 0 amide bonds. The summed E-state index contributed by atoms with van der Waals surface area (Å²) in [4.78, 5) is 8.69. The van der Waals surface area contributed by atoms with Crippen molar-refractivity contribution in [3.05, 3.63) is 0 Å². The van der Waals surface area contributed by atoms with Crippen LogP contribution in [0.2, 0.25) is 0 Å². The van der Waals surface area contributed by atoms with Crippen LogP contribution in [0.5, 0.6) is 0 Å². The maximum atomic E-state index is 10.6. The highest BCUT2D eigenvalue weighted by Crippen LogP contribution is 2.31. The van der Waals surface area contributed by atoms with E-state index in [-0.39, 0.29) is 6.61 Å². The lowest BCUT2D eigenvalue weighted by Crippen LogP contribution is -2.37. The Morgan fingerprint density at radius 3 is 2.60 bits per heavy atom. The van der Waals surface area contributed by atoms with Crippen LogP contribution < -0.4 is 0 Å². The van der Waals surface area contributed by atoms with Crippen molar-refractivity contribution in [3.8, 4) is 0 Å². The van der Waals surface area contributed by atoms with Gasteiger partial charge in [-0.1, -0.05) is 0 Å². The zero-order valence-electron chi connectivity index (χ0n) is 8.53. The van der Waals surface area contributed by atoms with E-state index in [2.05, 4.69) is 0 Å². The van der Waals surface area contributed by atoms with Crippen molar-refractivity contribution < 1.29 is 28.2 Å². The second kappa shape index (κ2) is 5.89. The number of hydrogen-bond donors (Lipinski definition) is 1. The molecule has 6 nitrogen and oxygen atoms in total. The number of rotatable bonds is 5. The van der Waals surface area contributed by atoms with Crippen molar-refractivity contribution in [2.45, 2.75) is 24.3 Å². The van der Waals surface area contributed by atoms with E-state index in [0.29, 0.717) is 0 Å². The highest BCUT2D eigenvalue weighted by molar-refractivity contribution is 7.32. The molecule has 0 bridgehead atoms. The van der Waals surface area contributed by atoms with Crippen molar-refractivity contribution in [3.63, 3.8) is 0 Å². The predicted molar refractivity (Wildman–Crippen MR) is 51.8 cm³/mol. The Hall–Kier alpha value is -0.0351. The number of hydrogen-bond acceptors (Lipinski definition) is 5. The van der Waals surface area contributed by atoms with Crippen LogP contribution in [-0.2, 0) is 23.3 Å². The molecule has 0 saturated carbocycles. The molecule has 1 fully saturated rings. The lowest BCUT2D eigenvalue weighted by Gasteiger charge is -2.15. The van der Waals surface area contributed by atoms with Gasteiger partial charge >= 0.3 is 8.25 Å². The van der Waals surface area contributed by atoms with Crippen LogP contribution >= 0.6 is 8.25 Å². The first-order valence-electron chi connectivity index (χ1n) is 4.35. The van der Waals surface area contributed by atoms with Crippen molar-refractivity contribution in [1.82, 2.24) is 0 Å². The summed E-state index contributed by atoms with van der Waals surface area (Å²) in [6, 6.07) is -0.685. The summed E-state index contributed by atoms with van der Waals surface area (Å²) in [5, 5.41) is 0. The summed E-state index contributed by atoms with van der Waals surface area (Å²) >= 11 is 0. The third kappa shape index (κ3) is 3.21. The molecule has 0 aromatic rings. The number of methoxy groups -OCH3 is 2. The van der Waals surface area contributed by atoms with Gasteiger partial charge in [-0.25, -0.2) is 0 Å². The molecule has 5 atom stereocenters. The summed E-state index contributed by atoms with van der Waals surface area (Å²) < 4.78 is 30.6. The minimum atomic E-state index is -2.72. The molecule has 1 rings (SSSR count). The normalized spacial score (nSPS) is 36.9. The zero-order valence-corrected chi connectivity index (χ0v) is 9.42. The third-order valence-corrected chi connectivity index (χ3v) is 2.58. The van der Waals surface area contributed by atoms with E-state index in [1.165, 1.54) is 14.2 Å². The summed E-state index contributed by atoms with van der Waals surface area (Å²) in [6.45, 7) is 0.224. The van der Waals surface area contributed by atoms with Crippen LogP contribution in [0.3, 0.4) is 0 Å². The van der Waals surface area contributed by atoms with Gasteiger partial charge in [-0.15, -0.1) is 9.42 Å². The van der Waals surface area contributed by atoms with Crippen LogP contribution in [-0.4, -0.2) is 57.9 Å². The van der Waals surface area contributed by atoms with Gasteiger partial charge in [-0.2, -0.15) is 0 Å². The first-order chi connectivity index (χ1) is 7.10. The smallest absolute Gasteiger partial charge is 0.382 e. The Morgan fingerprint density at radius 1 is 1.47 bits per heavy atom. The molecule has 0 aromatic carbocycles. The molecule has 15 heavy (non-hydrogen) atoms. The predicted octanol–water partition coefficient (Wildman–Crippen LogP) is -0.424. The SMILES string of the molecule is [B]C1OC(COC)C(O[P+](=O)O)C1OC.